The Hall–Kier alpha value is -4.08. The first kappa shape index (κ1) is 31.4. The zero-order valence-electron chi connectivity index (χ0n) is 25.3. The molecule has 2 aromatic heterocycles. The molecule has 1 unspecified atom stereocenters. The zero-order chi connectivity index (χ0) is 30.2. The quantitative estimate of drug-likeness (QED) is 0.227. The van der Waals surface area contributed by atoms with E-state index in [9.17, 15) is 9.59 Å². The van der Waals surface area contributed by atoms with Crippen molar-refractivity contribution in [3.63, 3.8) is 0 Å². The molecule has 0 saturated carbocycles. The topological polar surface area (TPSA) is 133 Å². The maximum Gasteiger partial charge on any atom is 0.412 e. The molecule has 0 spiro atoms. The number of nitrogens with zero attached hydrogens (tertiary/aromatic N) is 3. The van der Waals surface area contributed by atoms with Crippen molar-refractivity contribution in [3.8, 4) is 17.0 Å². The number of fused-ring (bicyclic) bond motifs is 1. The van der Waals surface area contributed by atoms with E-state index in [-0.39, 0.29) is 11.9 Å². The van der Waals surface area contributed by atoms with Crippen LogP contribution in [-0.4, -0.2) is 45.5 Å². The highest BCUT2D eigenvalue weighted by Crippen LogP contribution is 2.37. The van der Waals surface area contributed by atoms with E-state index in [2.05, 4.69) is 34.7 Å². The Kier molecular flexibility index (Phi) is 10.7. The molecule has 0 aliphatic rings. The largest absolute Gasteiger partial charge is 0.495 e. The van der Waals surface area contributed by atoms with Crippen LogP contribution < -0.4 is 21.1 Å². The first-order valence-electron chi connectivity index (χ1n) is 14.3. The minimum Gasteiger partial charge on any atom is -0.495 e. The van der Waals surface area contributed by atoms with Gasteiger partial charge < -0.3 is 20.5 Å². The average Bonchev–Trinajstić information content (AvgIpc) is 3.29. The molecule has 3 aromatic rings. The molecule has 41 heavy (non-hydrogen) atoms. The standard InChI is InChI=1S/C31H44N6O4/c1-8-10-11-13-22-19-33-29(32)26-27(36-37(28(22)26)17-16-20(3)34-25(38)12-9-2)21-14-15-23(24(18-21)40-7)35-30(39)41-31(4,5)6/h11,13-15,18-20H,8-10,12,16-17H2,1-7H3,(H2,32,33)(H,34,38)(H,35,39)/b13-11+. The van der Waals surface area contributed by atoms with Crippen LogP contribution in [0.5, 0.6) is 5.75 Å². The molecule has 3 rings (SSSR count). The van der Waals surface area contributed by atoms with Gasteiger partial charge >= 0.3 is 6.09 Å². The van der Waals surface area contributed by atoms with E-state index in [4.69, 9.17) is 20.3 Å². The van der Waals surface area contributed by atoms with Crippen LogP contribution in [0.1, 0.15) is 79.2 Å². The highest BCUT2D eigenvalue weighted by atomic mass is 16.6. The van der Waals surface area contributed by atoms with E-state index in [0.717, 1.165) is 41.3 Å². The third kappa shape index (κ3) is 8.45. The van der Waals surface area contributed by atoms with Crippen LogP contribution in [0.3, 0.4) is 0 Å². The molecular weight excluding hydrogens is 520 g/mol. The van der Waals surface area contributed by atoms with Crippen LogP contribution in [0.15, 0.2) is 30.5 Å². The van der Waals surface area contributed by atoms with Gasteiger partial charge in [0.1, 0.15) is 22.9 Å². The number of nitrogens with one attached hydrogen (secondary N) is 2. The molecule has 1 aromatic carbocycles. The van der Waals surface area contributed by atoms with Crippen molar-refractivity contribution in [1.82, 2.24) is 20.1 Å². The van der Waals surface area contributed by atoms with Crippen molar-refractivity contribution in [2.75, 3.05) is 18.2 Å². The summed E-state index contributed by atoms with van der Waals surface area (Å²) < 4.78 is 12.9. The number of benzene rings is 1. The highest BCUT2D eigenvalue weighted by Gasteiger charge is 2.22. The van der Waals surface area contributed by atoms with Gasteiger partial charge in [0.05, 0.1) is 23.7 Å². The molecular formula is C31H44N6O4. The van der Waals surface area contributed by atoms with E-state index in [0.29, 0.717) is 42.3 Å². The van der Waals surface area contributed by atoms with Crippen LogP contribution in [0.4, 0.5) is 16.3 Å². The molecule has 2 heterocycles. The highest BCUT2D eigenvalue weighted by molar-refractivity contribution is 6.04. The summed E-state index contributed by atoms with van der Waals surface area (Å²) in [4.78, 5) is 29.0. The Labute approximate surface area is 242 Å². The van der Waals surface area contributed by atoms with Gasteiger partial charge in [-0.15, -0.1) is 0 Å². The fourth-order valence-corrected chi connectivity index (χ4v) is 4.44. The Balaban J connectivity index is 2.05. The fraction of sp³-hybridized carbons (Fsp3) is 0.484. The Morgan fingerprint density at radius 3 is 2.61 bits per heavy atom. The van der Waals surface area contributed by atoms with E-state index in [1.54, 1.807) is 33.0 Å². The minimum absolute atomic E-state index is 0.0201. The lowest BCUT2D eigenvalue weighted by molar-refractivity contribution is -0.121. The van der Waals surface area contributed by atoms with E-state index in [1.807, 2.05) is 30.7 Å². The van der Waals surface area contributed by atoms with E-state index < -0.39 is 11.7 Å². The van der Waals surface area contributed by atoms with Gasteiger partial charge in [-0.2, -0.15) is 5.10 Å². The lowest BCUT2D eigenvalue weighted by atomic mass is 10.0. The molecule has 1 atom stereocenters. The van der Waals surface area contributed by atoms with Crippen molar-refractivity contribution in [1.29, 1.82) is 0 Å². The second-order valence-electron chi connectivity index (χ2n) is 11.1. The molecule has 0 radical (unpaired) electrons. The second kappa shape index (κ2) is 14.0. The first-order chi connectivity index (χ1) is 19.5. The van der Waals surface area contributed by atoms with Gasteiger partial charge in [-0.3, -0.25) is 14.8 Å². The molecule has 4 N–H and O–H groups in total. The van der Waals surface area contributed by atoms with Gasteiger partial charge in [-0.25, -0.2) is 9.78 Å². The zero-order valence-corrected chi connectivity index (χ0v) is 25.3. The minimum atomic E-state index is -0.632. The summed E-state index contributed by atoms with van der Waals surface area (Å²) in [5.41, 5.74) is 9.51. The number of anilines is 2. The number of hydrogen-bond acceptors (Lipinski definition) is 7. The normalized spacial score (nSPS) is 12.5. The van der Waals surface area contributed by atoms with Gasteiger partial charge in [-0.05, 0) is 59.1 Å². The number of unbranched alkanes of at least 4 members (excludes halogenated alkanes) is 1. The summed E-state index contributed by atoms with van der Waals surface area (Å²) in [6, 6.07) is 5.40. The van der Waals surface area contributed by atoms with Gasteiger partial charge in [-0.1, -0.05) is 38.5 Å². The predicted molar refractivity (Wildman–Crippen MR) is 165 cm³/mol. The SMILES string of the molecule is CCC/C=C/c1cnc(N)c2c(-c3ccc(NC(=O)OC(C)(C)C)c(OC)c3)nn(CCC(C)NC(=O)CCC)c12. The lowest BCUT2D eigenvalue weighted by Gasteiger charge is -2.20. The number of amides is 2. The van der Waals surface area contributed by atoms with Crippen LogP contribution >= 0.6 is 0 Å². The smallest absolute Gasteiger partial charge is 0.412 e. The van der Waals surface area contributed by atoms with E-state index in [1.165, 1.54) is 7.11 Å². The summed E-state index contributed by atoms with van der Waals surface area (Å²) in [5, 5.41) is 11.5. The average molecular weight is 565 g/mol. The summed E-state index contributed by atoms with van der Waals surface area (Å²) >= 11 is 0. The number of nitrogen functional groups attached to an aromatic ring is 1. The Bertz CT molecular complexity index is 1390. The van der Waals surface area contributed by atoms with Crippen molar-refractivity contribution in [2.45, 2.75) is 91.8 Å². The second-order valence-corrected chi connectivity index (χ2v) is 11.1. The lowest BCUT2D eigenvalue weighted by Crippen LogP contribution is -2.33. The maximum absolute atomic E-state index is 12.4. The van der Waals surface area contributed by atoms with Crippen LogP contribution in [-0.2, 0) is 16.1 Å². The summed E-state index contributed by atoms with van der Waals surface area (Å²) in [6.45, 7) is 12.1. The summed E-state index contributed by atoms with van der Waals surface area (Å²) in [7, 11) is 1.54. The van der Waals surface area contributed by atoms with Gasteiger partial charge in [0.2, 0.25) is 5.91 Å². The molecule has 0 aliphatic heterocycles. The molecule has 0 aliphatic carbocycles. The number of aryl methyl sites for hydroxylation is 1. The molecule has 0 bridgehead atoms. The van der Waals surface area contributed by atoms with Crippen molar-refractivity contribution >= 4 is 40.5 Å². The number of carbonyl (C=O) groups is 2. The van der Waals surface area contributed by atoms with Crippen molar-refractivity contribution < 1.29 is 19.1 Å². The monoisotopic (exact) mass is 564 g/mol. The third-order valence-electron chi connectivity index (χ3n) is 6.35. The van der Waals surface area contributed by atoms with Crippen LogP contribution in [0.25, 0.3) is 28.2 Å². The summed E-state index contributed by atoms with van der Waals surface area (Å²) in [6.07, 6.45) is 9.35. The number of methoxy groups -OCH3 is 1. The number of nitrogens with two attached hydrogens (primary N) is 1. The van der Waals surface area contributed by atoms with Crippen LogP contribution in [0.2, 0.25) is 0 Å². The van der Waals surface area contributed by atoms with Gasteiger partial charge in [0, 0.05) is 36.3 Å². The number of ether oxygens (including phenoxy) is 2. The third-order valence-corrected chi connectivity index (χ3v) is 6.35. The molecule has 0 fully saturated rings. The first-order valence-corrected chi connectivity index (χ1v) is 14.3. The number of carbonyl (C=O) groups excluding carboxylic acids is 2. The van der Waals surface area contributed by atoms with Crippen LogP contribution in [0, 0.1) is 0 Å². The number of hydrogen-bond donors (Lipinski definition) is 3. The predicted octanol–water partition coefficient (Wildman–Crippen LogP) is 6.54. The summed E-state index contributed by atoms with van der Waals surface area (Å²) in [5.74, 6) is 0.872. The number of aromatic nitrogens is 3. The molecule has 2 amide bonds. The Morgan fingerprint density at radius 2 is 1.95 bits per heavy atom. The fourth-order valence-electron chi connectivity index (χ4n) is 4.44. The van der Waals surface area contributed by atoms with Crippen molar-refractivity contribution in [3.05, 3.63) is 36.0 Å². The number of rotatable bonds is 12. The van der Waals surface area contributed by atoms with Gasteiger partial charge in [0.25, 0.3) is 0 Å². The molecule has 222 valence electrons. The molecule has 10 nitrogen and oxygen atoms in total. The molecule has 0 saturated heterocycles. The van der Waals surface area contributed by atoms with Crippen molar-refractivity contribution in [2.24, 2.45) is 0 Å². The van der Waals surface area contributed by atoms with E-state index >= 15 is 0 Å². The number of pyridine rings is 1. The van der Waals surface area contributed by atoms with Gasteiger partial charge in [0.15, 0.2) is 0 Å². The maximum atomic E-state index is 12.4. The molecule has 10 heteroatoms. The Morgan fingerprint density at radius 1 is 1.20 bits per heavy atom. The number of allylic oxidation sites excluding steroid dienone is 1.